The first-order valence-corrected chi connectivity index (χ1v) is 18.1. The molecule has 0 amide bonds. The van der Waals surface area contributed by atoms with Crippen molar-refractivity contribution < 1.29 is 29.2 Å². The molecule has 0 aliphatic heterocycles. The van der Waals surface area contributed by atoms with Gasteiger partial charge in [-0.15, -0.1) is 0 Å². The molecule has 0 saturated carbocycles. The molecule has 6 rings (SSSR count). The first kappa shape index (κ1) is 35.6. The van der Waals surface area contributed by atoms with Gasteiger partial charge in [-0.2, -0.15) is 0 Å². The quantitative estimate of drug-likeness (QED) is 0.0741. The SMILES string of the molecule is CCCCOCC(O)COc1c2ccccc2c(-c2c3ccccc3c(OCC(O)COCCCC)c3ccc(C)cc23)c2cc(C)ccc12. The average molecular weight is 675 g/mol. The normalized spacial score (nSPS) is 13.0. The zero-order chi connectivity index (χ0) is 35.0. The molecule has 6 aromatic rings. The van der Waals surface area contributed by atoms with Gasteiger partial charge in [0.1, 0.15) is 36.9 Å². The maximum atomic E-state index is 10.8. The molecule has 0 radical (unpaired) electrons. The number of hydrogen-bond acceptors (Lipinski definition) is 6. The fourth-order valence-electron chi connectivity index (χ4n) is 6.74. The van der Waals surface area contributed by atoms with Crippen LogP contribution in [0, 0.1) is 13.8 Å². The van der Waals surface area contributed by atoms with E-state index in [9.17, 15) is 10.2 Å². The predicted molar refractivity (Wildman–Crippen MR) is 206 cm³/mol. The second kappa shape index (κ2) is 16.7. The number of fused-ring (bicyclic) bond motifs is 4. The second-order valence-electron chi connectivity index (χ2n) is 13.4. The van der Waals surface area contributed by atoms with Gasteiger partial charge in [-0.25, -0.2) is 0 Å². The minimum absolute atomic E-state index is 0.130. The van der Waals surface area contributed by atoms with Crippen molar-refractivity contribution in [2.24, 2.45) is 0 Å². The molecule has 0 fully saturated rings. The Balaban J connectivity index is 1.52. The van der Waals surface area contributed by atoms with Crippen molar-refractivity contribution in [3.05, 3.63) is 96.1 Å². The highest BCUT2D eigenvalue weighted by Crippen LogP contribution is 2.50. The minimum atomic E-state index is -0.740. The molecule has 2 N–H and O–H groups in total. The molecule has 6 nitrogen and oxygen atoms in total. The Morgan fingerprint density at radius 1 is 0.480 bits per heavy atom. The summed E-state index contributed by atoms with van der Waals surface area (Å²) in [6.07, 6.45) is 2.55. The van der Waals surface area contributed by atoms with Crippen molar-refractivity contribution in [2.45, 2.75) is 65.6 Å². The Hall–Kier alpha value is -4.20. The zero-order valence-electron chi connectivity index (χ0n) is 29.8. The first-order chi connectivity index (χ1) is 24.4. The summed E-state index contributed by atoms with van der Waals surface area (Å²) >= 11 is 0. The van der Waals surface area contributed by atoms with E-state index in [0.29, 0.717) is 13.2 Å². The summed E-state index contributed by atoms with van der Waals surface area (Å²) in [6.45, 7) is 10.5. The molecule has 0 bridgehead atoms. The number of hydrogen-bond donors (Lipinski definition) is 2. The molecule has 0 aromatic heterocycles. The van der Waals surface area contributed by atoms with Crippen LogP contribution in [0.4, 0.5) is 0 Å². The van der Waals surface area contributed by atoms with Crippen LogP contribution in [-0.2, 0) is 9.47 Å². The highest BCUT2D eigenvalue weighted by atomic mass is 16.5. The van der Waals surface area contributed by atoms with E-state index in [1.165, 1.54) is 0 Å². The van der Waals surface area contributed by atoms with Gasteiger partial charge in [0.05, 0.1) is 13.2 Å². The van der Waals surface area contributed by atoms with Crippen molar-refractivity contribution in [3.63, 3.8) is 0 Å². The Labute approximate surface area is 295 Å². The second-order valence-corrected chi connectivity index (χ2v) is 13.4. The molecule has 6 aromatic carbocycles. The number of rotatable bonds is 17. The van der Waals surface area contributed by atoms with Gasteiger partial charge in [-0.1, -0.05) is 123 Å². The van der Waals surface area contributed by atoms with Crippen molar-refractivity contribution in [1.82, 2.24) is 0 Å². The Bertz CT molecular complexity index is 1920. The monoisotopic (exact) mass is 674 g/mol. The summed E-state index contributed by atoms with van der Waals surface area (Å²) in [7, 11) is 0. The summed E-state index contributed by atoms with van der Waals surface area (Å²) in [4.78, 5) is 0. The third kappa shape index (κ3) is 7.74. The van der Waals surface area contributed by atoms with Gasteiger partial charge in [0.2, 0.25) is 0 Å². The van der Waals surface area contributed by atoms with Crippen LogP contribution in [0.15, 0.2) is 84.9 Å². The molecule has 0 saturated heterocycles. The van der Waals surface area contributed by atoms with E-state index in [-0.39, 0.29) is 26.4 Å². The Morgan fingerprint density at radius 3 is 1.26 bits per heavy atom. The third-order valence-corrected chi connectivity index (χ3v) is 9.26. The van der Waals surface area contributed by atoms with Crippen LogP contribution in [0.3, 0.4) is 0 Å². The number of benzene rings is 6. The predicted octanol–water partition coefficient (Wildman–Crippen LogP) is 9.70. The van der Waals surface area contributed by atoms with Gasteiger partial charge in [-0.3, -0.25) is 0 Å². The molecule has 0 spiro atoms. The smallest absolute Gasteiger partial charge is 0.135 e. The van der Waals surface area contributed by atoms with E-state index in [1.807, 2.05) is 12.1 Å². The molecule has 262 valence electrons. The zero-order valence-corrected chi connectivity index (χ0v) is 29.8. The molecule has 2 atom stereocenters. The number of unbranched alkanes of at least 4 members (excludes halogenated alkanes) is 2. The fraction of sp³-hybridized carbons (Fsp3) is 0.364. The van der Waals surface area contributed by atoms with Gasteiger partial charge in [0.25, 0.3) is 0 Å². The van der Waals surface area contributed by atoms with Gasteiger partial charge in [-0.05, 0) is 59.4 Å². The number of ether oxygens (including phenoxy) is 4. The van der Waals surface area contributed by atoms with E-state index < -0.39 is 12.2 Å². The van der Waals surface area contributed by atoms with Gasteiger partial charge in [0.15, 0.2) is 0 Å². The Morgan fingerprint density at radius 2 is 0.860 bits per heavy atom. The number of aryl methyl sites for hydroxylation is 2. The van der Waals surface area contributed by atoms with Crippen LogP contribution >= 0.6 is 0 Å². The van der Waals surface area contributed by atoms with Gasteiger partial charge >= 0.3 is 0 Å². The fourth-order valence-corrected chi connectivity index (χ4v) is 6.74. The number of aliphatic hydroxyl groups is 2. The summed E-state index contributed by atoms with van der Waals surface area (Å²) in [5, 5.41) is 29.8. The summed E-state index contributed by atoms with van der Waals surface area (Å²) in [5.41, 5.74) is 4.53. The maximum absolute atomic E-state index is 10.8. The summed E-state index contributed by atoms with van der Waals surface area (Å²) in [5.74, 6) is 1.51. The molecular formula is C44H50O6. The minimum Gasteiger partial charge on any atom is -0.489 e. The van der Waals surface area contributed by atoms with Crippen molar-refractivity contribution in [3.8, 4) is 22.6 Å². The van der Waals surface area contributed by atoms with E-state index in [1.54, 1.807) is 0 Å². The van der Waals surface area contributed by atoms with Gasteiger partial charge in [0, 0.05) is 34.8 Å². The van der Waals surface area contributed by atoms with E-state index in [4.69, 9.17) is 18.9 Å². The maximum Gasteiger partial charge on any atom is 0.135 e. The molecular weight excluding hydrogens is 624 g/mol. The Kier molecular flexibility index (Phi) is 11.9. The summed E-state index contributed by atoms with van der Waals surface area (Å²) < 4.78 is 24.4. The standard InChI is InChI=1S/C44H50O6/c1-5-7-21-47-25-31(45)27-49-43-35-15-11-9-13-33(35)41(39-23-29(3)17-19-37(39)43)42-34-14-10-12-16-36(34)44(38-20-18-30(4)24-40(38)42)50-28-32(46)26-48-22-8-6-2/h9-20,23-24,31-32,45-46H,5-8,21-22,25-28H2,1-4H3. The van der Waals surface area contributed by atoms with Crippen molar-refractivity contribution in [1.29, 1.82) is 0 Å². The first-order valence-electron chi connectivity index (χ1n) is 18.1. The topological polar surface area (TPSA) is 77.4 Å². The summed E-state index contributed by atoms with van der Waals surface area (Å²) in [6, 6.07) is 29.8. The van der Waals surface area contributed by atoms with Crippen LogP contribution in [0.25, 0.3) is 54.2 Å². The lowest BCUT2D eigenvalue weighted by atomic mass is 9.84. The molecule has 0 aliphatic rings. The lowest BCUT2D eigenvalue weighted by Crippen LogP contribution is -2.24. The largest absolute Gasteiger partial charge is 0.489 e. The number of aliphatic hydroxyl groups excluding tert-OH is 2. The molecule has 6 heteroatoms. The van der Waals surface area contributed by atoms with Crippen LogP contribution in [0.2, 0.25) is 0 Å². The lowest BCUT2D eigenvalue weighted by Gasteiger charge is -2.23. The molecule has 50 heavy (non-hydrogen) atoms. The highest BCUT2D eigenvalue weighted by Gasteiger charge is 2.23. The van der Waals surface area contributed by atoms with Crippen molar-refractivity contribution >= 4 is 43.1 Å². The highest BCUT2D eigenvalue weighted by molar-refractivity contribution is 6.26. The van der Waals surface area contributed by atoms with Crippen LogP contribution in [-0.4, -0.2) is 62.1 Å². The van der Waals surface area contributed by atoms with E-state index in [0.717, 1.165) is 103 Å². The van der Waals surface area contributed by atoms with Crippen LogP contribution in [0.1, 0.15) is 50.7 Å². The van der Waals surface area contributed by atoms with Crippen LogP contribution in [0.5, 0.6) is 11.5 Å². The van der Waals surface area contributed by atoms with Crippen molar-refractivity contribution in [2.75, 3.05) is 39.6 Å². The van der Waals surface area contributed by atoms with Gasteiger partial charge < -0.3 is 29.2 Å². The van der Waals surface area contributed by atoms with E-state index >= 15 is 0 Å². The lowest BCUT2D eigenvalue weighted by molar-refractivity contribution is 0.0119. The average Bonchev–Trinajstić information content (AvgIpc) is 3.12. The van der Waals surface area contributed by atoms with E-state index in [2.05, 4.69) is 100 Å². The van der Waals surface area contributed by atoms with Crippen LogP contribution < -0.4 is 9.47 Å². The molecule has 0 aliphatic carbocycles. The third-order valence-electron chi connectivity index (χ3n) is 9.26. The molecule has 0 heterocycles. The molecule has 2 unspecified atom stereocenters.